The number of aromatic nitrogens is 1. The van der Waals surface area contributed by atoms with Gasteiger partial charge in [-0.15, -0.1) is 23.7 Å². The Kier molecular flexibility index (Phi) is 10.3. The van der Waals surface area contributed by atoms with E-state index >= 15 is 0 Å². The molecule has 1 saturated carbocycles. The first-order valence-corrected chi connectivity index (χ1v) is 13.4. The number of carbonyl (C=O) groups is 3. The lowest BCUT2D eigenvalue weighted by Crippen LogP contribution is -2.56. The van der Waals surface area contributed by atoms with Gasteiger partial charge in [0.1, 0.15) is 0 Å². The molecule has 12 heteroatoms. The molecule has 38 heavy (non-hydrogen) atoms. The zero-order chi connectivity index (χ0) is 26.7. The summed E-state index contributed by atoms with van der Waals surface area (Å²) in [6.07, 6.45) is 3.21. The summed E-state index contributed by atoms with van der Waals surface area (Å²) in [6.45, 7) is 1.64. The van der Waals surface area contributed by atoms with Gasteiger partial charge in [-0.2, -0.15) is 0 Å². The van der Waals surface area contributed by atoms with Crippen LogP contribution in [0.25, 0.3) is 6.08 Å². The van der Waals surface area contributed by atoms with Crippen LogP contribution in [0.15, 0.2) is 30.1 Å². The van der Waals surface area contributed by atoms with E-state index in [0.29, 0.717) is 34.9 Å². The smallest absolute Gasteiger partial charge is 0.280 e. The molecule has 4 rings (SSSR count). The fourth-order valence-corrected chi connectivity index (χ4v) is 5.97. The van der Waals surface area contributed by atoms with Crippen molar-refractivity contribution in [3.8, 4) is 0 Å². The molecule has 1 aliphatic heterocycles. The van der Waals surface area contributed by atoms with E-state index < -0.39 is 23.8 Å². The van der Waals surface area contributed by atoms with E-state index in [9.17, 15) is 18.8 Å². The molecule has 3 atom stereocenters. The van der Waals surface area contributed by atoms with Crippen molar-refractivity contribution < 1.29 is 18.8 Å². The minimum absolute atomic E-state index is 0. The first-order valence-electron chi connectivity index (χ1n) is 12.2. The Hall–Kier alpha value is -2.53. The molecule has 8 nitrogen and oxygen atoms in total. The third-order valence-electron chi connectivity index (χ3n) is 6.77. The van der Waals surface area contributed by atoms with Crippen molar-refractivity contribution in [1.29, 1.82) is 0 Å². The van der Waals surface area contributed by atoms with Gasteiger partial charge < -0.3 is 20.4 Å². The number of amides is 3. The highest BCUT2D eigenvalue weighted by Crippen LogP contribution is 2.28. The summed E-state index contributed by atoms with van der Waals surface area (Å²) >= 11 is 7.23. The van der Waals surface area contributed by atoms with Gasteiger partial charge in [-0.05, 0) is 50.1 Å². The first-order chi connectivity index (χ1) is 17.6. The van der Waals surface area contributed by atoms with Crippen LogP contribution in [0.3, 0.4) is 0 Å². The molecule has 2 heterocycles. The quantitative estimate of drug-likeness (QED) is 0.506. The van der Waals surface area contributed by atoms with Gasteiger partial charge in [0.25, 0.3) is 11.8 Å². The Labute approximate surface area is 237 Å². The van der Waals surface area contributed by atoms with Crippen LogP contribution in [-0.4, -0.2) is 72.3 Å². The molecule has 2 aliphatic rings. The molecule has 0 saturated heterocycles. The van der Waals surface area contributed by atoms with Gasteiger partial charge in [0.15, 0.2) is 10.8 Å². The van der Waals surface area contributed by atoms with Crippen LogP contribution in [0.1, 0.15) is 45.2 Å². The van der Waals surface area contributed by atoms with Gasteiger partial charge in [-0.1, -0.05) is 23.7 Å². The average molecular weight is 585 g/mol. The molecule has 206 valence electrons. The maximum Gasteiger partial charge on any atom is 0.280 e. The molecule has 1 aromatic carbocycles. The summed E-state index contributed by atoms with van der Waals surface area (Å²) in [5.41, 5.74) is 1.44. The van der Waals surface area contributed by atoms with Crippen molar-refractivity contribution in [2.75, 3.05) is 27.7 Å². The zero-order valence-electron chi connectivity index (χ0n) is 21.5. The molecule has 2 aromatic rings. The van der Waals surface area contributed by atoms with Gasteiger partial charge in [-0.25, -0.2) is 9.37 Å². The average Bonchev–Trinajstić information content (AvgIpc) is 3.29. The fraction of sp³-hybridized carbons (Fsp3) is 0.462. The molecule has 0 unspecified atom stereocenters. The number of benzene rings is 1. The third kappa shape index (κ3) is 7.31. The lowest BCUT2D eigenvalue weighted by Gasteiger charge is -2.37. The second kappa shape index (κ2) is 13.0. The van der Waals surface area contributed by atoms with Crippen LogP contribution >= 0.6 is 35.3 Å². The Bertz CT molecular complexity index is 1200. The molecule has 1 aromatic heterocycles. The molecule has 1 aliphatic carbocycles. The van der Waals surface area contributed by atoms with E-state index in [2.05, 4.69) is 20.5 Å². The minimum atomic E-state index is -0.949. The third-order valence-corrected chi connectivity index (χ3v) is 8.10. The van der Waals surface area contributed by atoms with Crippen LogP contribution in [0.2, 0.25) is 5.02 Å². The van der Waals surface area contributed by atoms with Gasteiger partial charge in [0.05, 0.1) is 11.7 Å². The van der Waals surface area contributed by atoms with E-state index in [0.717, 1.165) is 36.2 Å². The number of carbonyl (C=O) groups excluding carboxylic acids is 3. The van der Waals surface area contributed by atoms with Crippen LogP contribution in [0, 0.1) is 5.92 Å². The number of nitrogens with zero attached hydrogens (tertiary/aromatic N) is 3. The SMILES string of the molecule is CN1CCc2nc(C(=O)N[C@@H]3C[C@@H](C(=O)N(C)C)CC[C@@H]3NC(=O)/C(F)=C/c3ccc(Cl)cc3)sc2C1.Cl. The summed E-state index contributed by atoms with van der Waals surface area (Å²) in [6, 6.07) is 5.37. The van der Waals surface area contributed by atoms with Crippen molar-refractivity contribution in [2.45, 2.75) is 44.3 Å². The molecular formula is C26H32Cl2FN5O3S. The highest BCUT2D eigenvalue weighted by Gasteiger charge is 2.37. The van der Waals surface area contributed by atoms with Crippen molar-refractivity contribution in [2.24, 2.45) is 5.92 Å². The van der Waals surface area contributed by atoms with E-state index in [4.69, 9.17) is 11.6 Å². The Balaban J connectivity index is 0.00000400. The number of nitrogens with one attached hydrogen (secondary N) is 2. The van der Waals surface area contributed by atoms with Crippen molar-refractivity contribution in [3.63, 3.8) is 0 Å². The summed E-state index contributed by atoms with van der Waals surface area (Å²) in [5.74, 6) is -2.51. The van der Waals surface area contributed by atoms with Crippen molar-refractivity contribution >= 4 is 59.1 Å². The van der Waals surface area contributed by atoms with Crippen LogP contribution in [-0.2, 0) is 22.6 Å². The Morgan fingerprint density at radius 2 is 1.87 bits per heavy atom. The van der Waals surface area contributed by atoms with Gasteiger partial charge >= 0.3 is 0 Å². The lowest BCUT2D eigenvalue weighted by molar-refractivity contribution is -0.134. The van der Waals surface area contributed by atoms with Crippen LogP contribution < -0.4 is 10.6 Å². The molecule has 2 N–H and O–H groups in total. The topological polar surface area (TPSA) is 94.6 Å². The standard InChI is InChI=1S/C26H31ClFN5O3S.ClH/c1-32(2)26(36)16-6-9-19(29-23(34)18(28)12-15-4-7-17(27)8-5-15)21(13-16)30-24(35)25-31-20-10-11-33(3)14-22(20)37-25;/h4-5,7-8,12,16,19,21H,6,9-11,13-14H2,1-3H3,(H,29,34)(H,30,35);1H/b18-12-;/t16-,19-,21+;/m0./s1. The normalized spacial score (nSPS) is 21.6. The van der Waals surface area contributed by atoms with E-state index in [-0.39, 0.29) is 30.1 Å². The maximum atomic E-state index is 14.7. The summed E-state index contributed by atoms with van der Waals surface area (Å²) < 4.78 is 14.7. The second-order valence-corrected chi connectivity index (χ2v) is 11.3. The predicted octanol–water partition coefficient (Wildman–Crippen LogP) is 3.69. The monoisotopic (exact) mass is 583 g/mol. The maximum absolute atomic E-state index is 14.7. The molecule has 3 amide bonds. The number of rotatable bonds is 6. The van der Waals surface area contributed by atoms with Gasteiger partial charge in [-0.3, -0.25) is 14.4 Å². The fourth-order valence-electron chi connectivity index (χ4n) is 4.75. The Morgan fingerprint density at radius 3 is 2.55 bits per heavy atom. The zero-order valence-corrected chi connectivity index (χ0v) is 23.9. The number of hydrogen-bond acceptors (Lipinski definition) is 6. The van der Waals surface area contributed by atoms with Gasteiger partial charge in [0, 0.05) is 55.5 Å². The molecule has 0 radical (unpaired) electrons. The number of likely N-dealkylation sites (N-methyl/N-ethyl adjacent to an activating group) is 1. The van der Waals surface area contributed by atoms with E-state index in [1.165, 1.54) is 16.2 Å². The number of halogens is 3. The Morgan fingerprint density at radius 1 is 1.16 bits per heavy atom. The molecular weight excluding hydrogens is 552 g/mol. The molecule has 0 spiro atoms. The summed E-state index contributed by atoms with van der Waals surface area (Å²) in [7, 11) is 5.41. The van der Waals surface area contributed by atoms with Crippen LogP contribution in [0.5, 0.6) is 0 Å². The number of thiazole rings is 1. The molecule has 1 fully saturated rings. The minimum Gasteiger partial charge on any atom is -0.349 e. The largest absolute Gasteiger partial charge is 0.349 e. The number of fused-ring (bicyclic) bond motifs is 1. The lowest BCUT2D eigenvalue weighted by atomic mass is 9.81. The van der Waals surface area contributed by atoms with Crippen molar-refractivity contribution in [3.05, 3.63) is 56.3 Å². The van der Waals surface area contributed by atoms with Crippen molar-refractivity contribution in [1.82, 2.24) is 25.4 Å². The predicted molar refractivity (Wildman–Crippen MR) is 149 cm³/mol. The van der Waals surface area contributed by atoms with E-state index in [1.54, 1.807) is 38.4 Å². The number of hydrogen-bond donors (Lipinski definition) is 2. The van der Waals surface area contributed by atoms with Crippen LogP contribution in [0.4, 0.5) is 4.39 Å². The summed E-state index contributed by atoms with van der Waals surface area (Å²) in [5, 5.41) is 6.59. The second-order valence-electron chi connectivity index (χ2n) is 9.82. The highest BCUT2D eigenvalue weighted by molar-refractivity contribution is 7.13. The first kappa shape index (κ1) is 30.0. The highest BCUT2D eigenvalue weighted by atomic mass is 35.5. The van der Waals surface area contributed by atoms with E-state index in [1.807, 2.05) is 7.05 Å². The molecule has 0 bridgehead atoms. The summed E-state index contributed by atoms with van der Waals surface area (Å²) in [4.78, 5) is 47.8. The van der Waals surface area contributed by atoms with Gasteiger partial charge in [0.2, 0.25) is 5.91 Å².